The Labute approximate surface area is 91.0 Å². The van der Waals surface area contributed by atoms with Gasteiger partial charge in [0, 0.05) is 23.6 Å². The fraction of sp³-hybridized carbons (Fsp3) is 0.286. The molecule has 2 aromatic rings. The highest BCUT2D eigenvalue weighted by Crippen LogP contribution is 2.21. The van der Waals surface area contributed by atoms with Gasteiger partial charge in [0.1, 0.15) is 0 Å². The lowest BCUT2D eigenvalue weighted by Gasteiger charge is -2.08. The van der Waals surface area contributed by atoms with E-state index >= 15 is 0 Å². The van der Waals surface area contributed by atoms with Crippen molar-refractivity contribution in [2.75, 3.05) is 0 Å². The minimum atomic E-state index is 0.674. The first-order chi connectivity index (χ1) is 7.22. The Morgan fingerprint density at radius 1 is 1.33 bits per heavy atom. The van der Waals surface area contributed by atoms with Gasteiger partial charge < -0.3 is 4.57 Å². The third kappa shape index (κ3) is 1.82. The van der Waals surface area contributed by atoms with Gasteiger partial charge in [-0.15, -0.1) is 0 Å². The molecule has 1 nitrogen and oxygen atoms in total. The van der Waals surface area contributed by atoms with Crippen LogP contribution in [-0.2, 0) is 6.54 Å². The summed E-state index contributed by atoms with van der Waals surface area (Å²) in [7, 11) is 0. The highest BCUT2D eigenvalue weighted by atomic mass is 15.0. The van der Waals surface area contributed by atoms with E-state index in [1.807, 2.05) is 6.08 Å². The Bertz CT molecular complexity index is 477. The molecule has 1 heterocycles. The fourth-order valence-electron chi connectivity index (χ4n) is 1.98. The molecule has 0 unspecified atom stereocenters. The summed E-state index contributed by atoms with van der Waals surface area (Å²) < 4.78 is 2.31. The van der Waals surface area contributed by atoms with Crippen molar-refractivity contribution in [3.05, 3.63) is 42.6 Å². The smallest absolute Gasteiger partial charge is 0.0486 e. The summed E-state index contributed by atoms with van der Waals surface area (Å²) in [6.45, 7) is 9.39. The molecule has 0 atom stereocenters. The van der Waals surface area contributed by atoms with Crippen molar-refractivity contribution >= 4 is 17.0 Å². The van der Waals surface area contributed by atoms with E-state index in [0.29, 0.717) is 5.92 Å². The molecule has 15 heavy (non-hydrogen) atoms. The van der Waals surface area contributed by atoms with Crippen LogP contribution in [-0.4, -0.2) is 4.57 Å². The first-order valence-electron chi connectivity index (χ1n) is 5.42. The van der Waals surface area contributed by atoms with Gasteiger partial charge in [0.15, 0.2) is 0 Å². The molecule has 0 amide bonds. The van der Waals surface area contributed by atoms with Gasteiger partial charge in [-0.1, -0.05) is 38.6 Å². The highest BCUT2D eigenvalue weighted by Gasteiger charge is 2.04. The average molecular weight is 199 g/mol. The van der Waals surface area contributed by atoms with Crippen LogP contribution in [0.4, 0.5) is 0 Å². The van der Waals surface area contributed by atoms with Gasteiger partial charge in [0.25, 0.3) is 0 Å². The van der Waals surface area contributed by atoms with E-state index in [9.17, 15) is 0 Å². The lowest BCUT2D eigenvalue weighted by Crippen LogP contribution is -2.02. The summed E-state index contributed by atoms with van der Waals surface area (Å²) in [4.78, 5) is 0. The Balaban J connectivity index is 2.55. The lowest BCUT2D eigenvalue weighted by atomic mass is 10.1. The third-order valence-electron chi connectivity index (χ3n) is 2.63. The van der Waals surface area contributed by atoms with Crippen molar-refractivity contribution in [3.63, 3.8) is 0 Å². The van der Waals surface area contributed by atoms with Gasteiger partial charge in [-0.25, -0.2) is 0 Å². The molecular weight excluding hydrogens is 182 g/mol. The van der Waals surface area contributed by atoms with E-state index in [1.54, 1.807) is 0 Å². The molecule has 0 radical (unpaired) electrons. The second kappa shape index (κ2) is 3.93. The van der Waals surface area contributed by atoms with Crippen LogP contribution in [0.3, 0.4) is 0 Å². The number of aromatic nitrogens is 1. The van der Waals surface area contributed by atoms with Crippen molar-refractivity contribution in [2.24, 2.45) is 5.92 Å². The summed E-state index contributed by atoms with van der Waals surface area (Å²) in [6, 6.07) is 8.55. The molecule has 0 fully saturated rings. The zero-order valence-corrected chi connectivity index (χ0v) is 9.40. The second-order valence-corrected chi connectivity index (χ2v) is 4.35. The quantitative estimate of drug-likeness (QED) is 0.705. The maximum absolute atomic E-state index is 3.84. The molecule has 0 saturated carbocycles. The molecule has 1 aromatic carbocycles. The molecule has 0 aliphatic heterocycles. The van der Waals surface area contributed by atoms with Crippen LogP contribution < -0.4 is 0 Å². The normalized spacial score (nSPS) is 11.1. The van der Waals surface area contributed by atoms with Crippen molar-refractivity contribution in [2.45, 2.75) is 20.4 Å². The Kier molecular flexibility index (Phi) is 2.63. The zero-order chi connectivity index (χ0) is 10.8. The van der Waals surface area contributed by atoms with Crippen LogP contribution in [0, 0.1) is 5.92 Å². The topological polar surface area (TPSA) is 4.93 Å². The van der Waals surface area contributed by atoms with Crippen LogP contribution in [0.1, 0.15) is 19.4 Å². The molecule has 0 aliphatic rings. The molecule has 0 spiro atoms. The maximum atomic E-state index is 3.84. The van der Waals surface area contributed by atoms with Crippen LogP contribution >= 0.6 is 0 Å². The van der Waals surface area contributed by atoms with Gasteiger partial charge in [0.05, 0.1) is 0 Å². The number of rotatable bonds is 3. The monoisotopic (exact) mass is 199 g/mol. The van der Waals surface area contributed by atoms with Crippen molar-refractivity contribution in [3.8, 4) is 0 Å². The van der Waals surface area contributed by atoms with E-state index < -0.39 is 0 Å². The number of fused-ring (bicyclic) bond motifs is 1. The molecule has 0 saturated heterocycles. The van der Waals surface area contributed by atoms with Gasteiger partial charge in [0.2, 0.25) is 0 Å². The van der Waals surface area contributed by atoms with Crippen molar-refractivity contribution < 1.29 is 0 Å². The number of hydrogen-bond donors (Lipinski definition) is 0. The van der Waals surface area contributed by atoms with E-state index in [1.165, 1.54) is 16.5 Å². The Morgan fingerprint density at radius 3 is 2.80 bits per heavy atom. The third-order valence-corrected chi connectivity index (χ3v) is 2.63. The first-order valence-corrected chi connectivity index (χ1v) is 5.42. The number of benzene rings is 1. The van der Waals surface area contributed by atoms with Gasteiger partial charge in [-0.3, -0.25) is 0 Å². The summed E-state index contributed by atoms with van der Waals surface area (Å²) in [6.07, 6.45) is 4.08. The average Bonchev–Trinajstić information content (AvgIpc) is 2.61. The number of nitrogens with zero attached hydrogens (tertiary/aromatic N) is 1. The molecule has 78 valence electrons. The maximum Gasteiger partial charge on any atom is 0.0486 e. The molecule has 0 bridgehead atoms. The Morgan fingerprint density at radius 2 is 2.13 bits per heavy atom. The van der Waals surface area contributed by atoms with Crippen LogP contribution in [0.5, 0.6) is 0 Å². The molecule has 2 rings (SSSR count). The molecule has 1 aromatic heterocycles. The second-order valence-electron chi connectivity index (χ2n) is 4.35. The lowest BCUT2D eigenvalue weighted by molar-refractivity contribution is 0.535. The Hall–Kier alpha value is -1.50. The summed E-state index contributed by atoms with van der Waals surface area (Å²) in [5.74, 6) is 0.674. The van der Waals surface area contributed by atoms with E-state index in [2.05, 4.69) is 55.5 Å². The predicted octanol–water partition coefficient (Wildman–Crippen LogP) is 3.94. The minimum Gasteiger partial charge on any atom is -0.347 e. The summed E-state index contributed by atoms with van der Waals surface area (Å²) in [5.41, 5.74) is 2.52. The fourth-order valence-corrected chi connectivity index (χ4v) is 1.98. The molecular formula is C14H17N. The highest BCUT2D eigenvalue weighted by molar-refractivity contribution is 5.88. The SMILES string of the molecule is C=Cc1cccc2c1ccn2CC(C)C. The number of hydrogen-bond acceptors (Lipinski definition) is 0. The zero-order valence-electron chi connectivity index (χ0n) is 9.40. The van der Waals surface area contributed by atoms with Crippen molar-refractivity contribution in [1.29, 1.82) is 0 Å². The standard InChI is InChI=1S/C14H17N/c1-4-12-6-5-7-14-13(12)8-9-15(14)10-11(2)3/h4-9,11H,1,10H2,2-3H3. The van der Waals surface area contributed by atoms with Gasteiger partial charge in [-0.05, 0) is 23.6 Å². The summed E-state index contributed by atoms with van der Waals surface area (Å²) in [5, 5.41) is 1.30. The summed E-state index contributed by atoms with van der Waals surface area (Å²) >= 11 is 0. The van der Waals surface area contributed by atoms with E-state index in [4.69, 9.17) is 0 Å². The molecule has 0 aliphatic carbocycles. The van der Waals surface area contributed by atoms with Crippen LogP contribution in [0.15, 0.2) is 37.0 Å². The minimum absolute atomic E-state index is 0.674. The predicted molar refractivity (Wildman–Crippen MR) is 66.9 cm³/mol. The van der Waals surface area contributed by atoms with E-state index in [0.717, 1.165) is 6.54 Å². The first kappa shape index (κ1) is 10.0. The van der Waals surface area contributed by atoms with Crippen LogP contribution in [0.25, 0.3) is 17.0 Å². The molecule has 1 heteroatoms. The van der Waals surface area contributed by atoms with Crippen molar-refractivity contribution in [1.82, 2.24) is 4.57 Å². The van der Waals surface area contributed by atoms with Gasteiger partial charge >= 0.3 is 0 Å². The van der Waals surface area contributed by atoms with Gasteiger partial charge in [-0.2, -0.15) is 0 Å². The largest absolute Gasteiger partial charge is 0.347 e. The van der Waals surface area contributed by atoms with Crippen LogP contribution in [0.2, 0.25) is 0 Å². The van der Waals surface area contributed by atoms with E-state index in [-0.39, 0.29) is 0 Å². The molecule has 0 N–H and O–H groups in total.